The summed E-state index contributed by atoms with van der Waals surface area (Å²) in [6.45, 7) is 0. The third-order valence-corrected chi connectivity index (χ3v) is 4.27. The van der Waals surface area contributed by atoms with Crippen LogP contribution in [0.2, 0.25) is 0 Å². The van der Waals surface area contributed by atoms with Gasteiger partial charge in [0.25, 0.3) is 5.91 Å². The molecule has 0 saturated carbocycles. The monoisotopic (exact) mass is 321 g/mol. The number of anilines is 1. The maximum absolute atomic E-state index is 12.1. The van der Waals surface area contributed by atoms with E-state index in [-0.39, 0.29) is 5.91 Å². The van der Waals surface area contributed by atoms with Gasteiger partial charge in [0.1, 0.15) is 11.3 Å². The smallest absolute Gasteiger partial charge is 0.255 e. The van der Waals surface area contributed by atoms with Crippen LogP contribution in [0.3, 0.4) is 0 Å². The normalized spacial score (nSPS) is 10.8. The standard InChI is InChI=1S/C16H11N5OS/c22-14(11-4-2-1-3-5-11)18-13-8-6-12(7-9-13)15-20-21-10-17-19-16(21)23-15/h1-10H,(H,18,22). The van der Waals surface area contributed by atoms with E-state index in [4.69, 9.17) is 0 Å². The molecular weight excluding hydrogens is 310 g/mol. The number of nitrogens with one attached hydrogen (secondary N) is 1. The number of aromatic nitrogens is 4. The number of benzene rings is 2. The molecule has 6 nitrogen and oxygen atoms in total. The van der Waals surface area contributed by atoms with Gasteiger partial charge in [-0.2, -0.15) is 9.61 Å². The van der Waals surface area contributed by atoms with Gasteiger partial charge in [-0.15, -0.1) is 10.2 Å². The lowest BCUT2D eigenvalue weighted by molar-refractivity contribution is 0.102. The average molecular weight is 321 g/mol. The Kier molecular flexibility index (Phi) is 3.32. The van der Waals surface area contributed by atoms with Gasteiger partial charge in [-0.25, -0.2) is 0 Å². The van der Waals surface area contributed by atoms with E-state index in [1.807, 2.05) is 42.5 Å². The van der Waals surface area contributed by atoms with Crippen LogP contribution in [0, 0.1) is 0 Å². The highest BCUT2D eigenvalue weighted by Crippen LogP contribution is 2.25. The summed E-state index contributed by atoms with van der Waals surface area (Å²) in [7, 11) is 0. The molecule has 7 heteroatoms. The van der Waals surface area contributed by atoms with Gasteiger partial charge in [-0.05, 0) is 36.4 Å². The number of nitrogens with zero attached hydrogens (tertiary/aromatic N) is 4. The van der Waals surface area contributed by atoms with E-state index in [0.717, 1.165) is 21.2 Å². The van der Waals surface area contributed by atoms with E-state index in [0.29, 0.717) is 5.56 Å². The summed E-state index contributed by atoms with van der Waals surface area (Å²) in [5, 5.41) is 15.9. The van der Waals surface area contributed by atoms with E-state index >= 15 is 0 Å². The quantitative estimate of drug-likeness (QED) is 0.629. The first-order valence-electron chi connectivity index (χ1n) is 6.93. The van der Waals surface area contributed by atoms with Crippen molar-refractivity contribution in [1.82, 2.24) is 19.8 Å². The van der Waals surface area contributed by atoms with Gasteiger partial charge in [0.15, 0.2) is 0 Å². The van der Waals surface area contributed by atoms with Gasteiger partial charge in [0.2, 0.25) is 4.96 Å². The molecule has 0 unspecified atom stereocenters. The molecule has 0 aliphatic carbocycles. The Morgan fingerprint density at radius 2 is 1.83 bits per heavy atom. The van der Waals surface area contributed by atoms with Crippen LogP contribution in [-0.4, -0.2) is 25.7 Å². The molecule has 0 aliphatic rings. The minimum absolute atomic E-state index is 0.128. The van der Waals surface area contributed by atoms with E-state index < -0.39 is 0 Å². The second-order valence-corrected chi connectivity index (χ2v) is 5.82. The lowest BCUT2D eigenvalue weighted by Crippen LogP contribution is -2.11. The molecule has 0 aliphatic heterocycles. The molecule has 0 saturated heterocycles. The molecule has 112 valence electrons. The van der Waals surface area contributed by atoms with Crippen molar-refractivity contribution in [3.05, 3.63) is 66.5 Å². The zero-order chi connectivity index (χ0) is 15.6. The number of hydrogen-bond acceptors (Lipinski definition) is 5. The first kappa shape index (κ1) is 13.6. The molecule has 2 aromatic heterocycles. The zero-order valence-electron chi connectivity index (χ0n) is 11.9. The molecule has 1 amide bonds. The Morgan fingerprint density at radius 3 is 2.57 bits per heavy atom. The average Bonchev–Trinajstić information content (AvgIpc) is 3.18. The molecular formula is C16H11N5OS. The lowest BCUT2D eigenvalue weighted by atomic mass is 10.2. The number of carbonyl (C=O) groups is 1. The first-order chi connectivity index (χ1) is 11.3. The molecule has 2 heterocycles. The number of carbonyl (C=O) groups excluding carboxylic acids is 1. The third-order valence-electron chi connectivity index (χ3n) is 3.31. The van der Waals surface area contributed by atoms with E-state index in [1.165, 1.54) is 11.3 Å². The van der Waals surface area contributed by atoms with E-state index in [2.05, 4.69) is 20.6 Å². The van der Waals surface area contributed by atoms with Crippen LogP contribution in [0.25, 0.3) is 15.5 Å². The van der Waals surface area contributed by atoms with E-state index in [1.54, 1.807) is 23.0 Å². The van der Waals surface area contributed by atoms with Gasteiger partial charge in [-0.3, -0.25) is 4.79 Å². The molecule has 2 aromatic carbocycles. The van der Waals surface area contributed by atoms with Crippen molar-refractivity contribution in [2.45, 2.75) is 0 Å². The number of fused-ring (bicyclic) bond motifs is 1. The number of hydrogen-bond donors (Lipinski definition) is 1. The van der Waals surface area contributed by atoms with Crippen molar-refractivity contribution >= 4 is 27.9 Å². The summed E-state index contributed by atoms with van der Waals surface area (Å²) in [5.41, 5.74) is 2.34. The second kappa shape index (κ2) is 5.62. The SMILES string of the molecule is O=C(Nc1ccc(-c2nn3cnnc3s2)cc1)c1ccccc1. The summed E-state index contributed by atoms with van der Waals surface area (Å²) in [6.07, 6.45) is 1.57. The maximum atomic E-state index is 12.1. The molecule has 0 bridgehead atoms. The van der Waals surface area contributed by atoms with Gasteiger partial charge in [0.05, 0.1) is 0 Å². The summed E-state index contributed by atoms with van der Waals surface area (Å²) >= 11 is 1.46. The van der Waals surface area contributed by atoms with Crippen LogP contribution < -0.4 is 5.32 Å². The summed E-state index contributed by atoms with van der Waals surface area (Å²) < 4.78 is 1.64. The lowest BCUT2D eigenvalue weighted by Gasteiger charge is -2.05. The fraction of sp³-hybridized carbons (Fsp3) is 0. The van der Waals surface area contributed by atoms with Crippen molar-refractivity contribution in [2.75, 3.05) is 5.32 Å². The summed E-state index contributed by atoms with van der Waals surface area (Å²) in [5.74, 6) is -0.128. The Labute approximate surface area is 135 Å². The number of amides is 1. The molecule has 0 radical (unpaired) electrons. The maximum Gasteiger partial charge on any atom is 0.255 e. The topological polar surface area (TPSA) is 72.2 Å². The second-order valence-electron chi connectivity index (χ2n) is 4.86. The van der Waals surface area contributed by atoms with Gasteiger partial charge >= 0.3 is 0 Å². The van der Waals surface area contributed by atoms with Gasteiger partial charge in [-0.1, -0.05) is 29.5 Å². The molecule has 0 atom stereocenters. The fourth-order valence-electron chi connectivity index (χ4n) is 2.17. The summed E-state index contributed by atoms with van der Waals surface area (Å²) in [4.78, 5) is 12.9. The minimum atomic E-state index is -0.128. The van der Waals surface area contributed by atoms with Crippen LogP contribution in [0.4, 0.5) is 5.69 Å². The van der Waals surface area contributed by atoms with Gasteiger partial charge < -0.3 is 5.32 Å². The van der Waals surface area contributed by atoms with Crippen LogP contribution in [0.5, 0.6) is 0 Å². The van der Waals surface area contributed by atoms with Crippen molar-refractivity contribution < 1.29 is 4.79 Å². The van der Waals surface area contributed by atoms with Crippen molar-refractivity contribution in [2.24, 2.45) is 0 Å². The minimum Gasteiger partial charge on any atom is -0.322 e. The predicted octanol–water partition coefficient (Wildman–Crippen LogP) is 3.11. The molecule has 4 rings (SSSR count). The Hall–Kier alpha value is -3.06. The van der Waals surface area contributed by atoms with Crippen LogP contribution >= 0.6 is 11.3 Å². The highest BCUT2D eigenvalue weighted by molar-refractivity contribution is 7.19. The molecule has 1 N–H and O–H groups in total. The van der Waals surface area contributed by atoms with Crippen LogP contribution in [0.15, 0.2) is 60.9 Å². The van der Waals surface area contributed by atoms with Crippen LogP contribution in [0.1, 0.15) is 10.4 Å². The Morgan fingerprint density at radius 1 is 1.04 bits per heavy atom. The predicted molar refractivity (Wildman–Crippen MR) is 88.5 cm³/mol. The van der Waals surface area contributed by atoms with Gasteiger partial charge in [0, 0.05) is 16.8 Å². The highest BCUT2D eigenvalue weighted by atomic mass is 32.1. The van der Waals surface area contributed by atoms with Crippen molar-refractivity contribution in [1.29, 1.82) is 0 Å². The Bertz CT molecular complexity index is 930. The first-order valence-corrected chi connectivity index (χ1v) is 7.75. The highest BCUT2D eigenvalue weighted by Gasteiger charge is 2.09. The van der Waals surface area contributed by atoms with Crippen molar-refractivity contribution in [3.8, 4) is 10.6 Å². The molecule has 23 heavy (non-hydrogen) atoms. The third kappa shape index (κ3) is 2.69. The zero-order valence-corrected chi connectivity index (χ0v) is 12.7. The Balaban J connectivity index is 1.54. The fourth-order valence-corrected chi connectivity index (χ4v) is 2.99. The van der Waals surface area contributed by atoms with E-state index in [9.17, 15) is 4.79 Å². The molecule has 0 spiro atoms. The molecule has 0 fully saturated rings. The largest absolute Gasteiger partial charge is 0.322 e. The van der Waals surface area contributed by atoms with Crippen molar-refractivity contribution in [3.63, 3.8) is 0 Å². The van der Waals surface area contributed by atoms with Crippen LogP contribution in [-0.2, 0) is 0 Å². The summed E-state index contributed by atoms with van der Waals surface area (Å²) in [6, 6.07) is 16.7. The number of rotatable bonds is 3. The molecule has 4 aromatic rings.